The predicted octanol–water partition coefficient (Wildman–Crippen LogP) is 0.727. The normalized spacial score (nSPS) is 10.5. The van der Waals surface area contributed by atoms with E-state index in [1.54, 1.807) is 6.07 Å². The van der Waals surface area contributed by atoms with Crippen LogP contribution in [0.2, 0.25) is 0 Å². The fourth-order valence-corrected chi connectivity index (χ4v) is 1.13. The monoisotopic (exact) mass is 148 g/mol. The molecule has 0 atom stereocenters. The molecular formula is C7H8N4. The van der Waals surface area contributed by atoms with Crippen LogP contribution in [0, 0.1) is 0 Å². The van der Waals surface area contributed by atoms with Gasteiger partial charge in [0.2, 0.25) is 0 Å². The molecule has 0 bridgehead atoms. The van der Waals surface area contributed by atoms with Crippen molar-refractivity contribution in [3.05, 3.63) is 18.2 Å². The standard InChI is InChI=1S/C7H8N4/c8-4-2-1-3-5-6(4)7(9)11-10-5/h1-3H,8H2,(H3,9,10,11). The van der Waals surface area contributed by atoms with Gasteiger partial charge in [-0.15, -0.1) is 0 Å². The molecule has 1 aromatic carbocycles. The zero-order chi connectivity index (χ0) is 7.84. The van der Waals surface area contributed by atoms with Crippen molar-refractivity contribution in [2.45, 2.75) is 0 Å². The summed E-state index contributed by atoms with van der Waals surface area (Å²) >= 11 is 0. The summed E-state index contributed by atoms with van der Waals surface area (Å²) in [5.74, 6) is 0.457. The zero-order valence-electron chi connectivity index (χ0n) is 5.83. The first-order valence-corrected chi connectivity index (χ1v) is 3.27. The zero-order valence-corrected chi connectivity index (χ0v) is 5.83. The van der Waals surface area contributed by atoms with Crippen molar-refractivity contribution in [2.75, 3.05) is 11.5 Å². The Hall–Kier alpha value is -1.71. The van der Waals surface area contributed by atoms with Crippen LogP contribution in [0.25, 0.3) is 10.9 Å². The van der Waals surface area contributed by atoms with Crippen LogP contribution < -0.4 is 11.5 Å². The van der Waals surface area contributed by atoms with Crippen molar-refractivity contribution >= 4 is 22.4 Å². The van der Waals surface area contributed by atoms with Gasteiger partial charge < -0.3 is 11.5 Å². The number of anilines is 2. The van der Waals surface area contributed by atoms with E-state index >= 15 is 0 Å². The lowest BCUT2D eigenvalue weighted by Gasteiger charge is -1.93. The number of nitrogen functional groups attached to an aromatic ring is 2. The topological polar surface area (TPSA) is 80.7 Å². The van der Waals surface area contributed by atoms with Gasteiger partial charge in [-0.25, -0.2) is 0 Å². The second-order valence-corrected chi connectivity index (χ2v) is 2.38. The van der Waals surface area contributed by atoms with E-state index in [2.05, 4.69) is 10.2 Å². The van der Waals surface area contributed by atoms with Gasteiger partial charge in [0, 0.05) is 5.69 Å². The van der Waals surface area contributed by atoms with Crippen LogP contribution in [-0.2, 0) is 0 Å². The molecule has 2 aromatic rings. The first-order valence-electron chi connectivity index (χ1n) is 3.27. The summed E-state index contributed by atoms with van der Waals surface area (Å²) in [5, 5.41) is 7.42. The molecule has 0 amide bonds. The smallest absolute Gasteiger partial charge is 0.155 e. The Kier molecular flexibility index (Phi) is 1.03. The molecule has 0 unspecified atom stereocenters. The summed E-state index contributed by atoms with van der Waals surface area (Å²) < 4.78 is 0. The summed E-state index contributed by atoms with van der Waals surface area (Å²) in [6, 6.07) is 5.54. The molecule has 4 nitrogen and oxygen atoms in total. The lowest BCUT2D eigenvalue weighted by atomic mass is 10.2. The van der Waals surface area contributed by atoms with E-state index in [4.69, 9.17) is 11.5 Å². The Morgan fingerprint density at radius 3 is 2.82 bits per heavy atom. The summed E-state index contributed by atoms with van der Waals surface area (Å²) in [7, 11) is 0. The summed E-state index contributed by atoms with van der Waals surface area (Å²) in [5.41, 5.74) is 12.8. The van der Waals surface area contributed by atoms with Crippen molar-refractivity contribution in [3.63, 3.8) is 0 Å². The van der Waals surface area contributed by atoms with Gasteiger partial charge in [-0.05, 0) is 12.1 Å². The molecule has 0 saturated carbocycles. The number of rotatable bonds is 0. The minimum Gasteiger partial charge on any atom is -0.398 e. The van der Waals surface area contributed by atoms with E-state index in [9.17, 15) is 0 Å². The van der Waals surface area contributed by atoms with E-state index in [0.29, 0.717) is 11.5 Å². The van der Waals surface area contributed by atoms with Crippen molar-refractivity contribution < 1.29 is 0 Å². The van der Waals surface area contributed by atoms with Gasteiger partial charge in [-0.3, -0.25) is 5.10 Å². The van der Waals surface area contributed by atoms with Gasteiger partial charge >= 0.3 is 0 Å². The van der Waals surface area contributed by atoms with Gasteiger partial charge in [0.1, 0.15) is 0 Å². The number of aromatic amines is 1. The van der Waals surface area contributed by atoms with Gasteiger partial charge in [-0.1, -0.05) is 6.07 Å². The van der Waals surface area contributed by atoms with E-state index in [0.717, 1.165) is 10.9 Å². The van der Waals surface area contributed by atoms with Crippen LogP contribution in [0.1, 0.15) is 0 Å². The summed E-state index contributed by atoms with van der Waals surface area (Å²) in [6.07, 6.45) is 0. The Bertz CT molecular complexity index is 390. The molecule has 0 aliphatic heterocycles. The lowest BCUT2D eigenvalue weighted by molar-refractivity contribution is 1.13. The minimum atomic E-state index is 0.457. The van der Waals surface area contributed by atoms with E-state index < -0.39 is 0 Å². The third-order valence-corrected chi connectivity index (χ3v) is 1.65. The molecule has 0 radical (unpaired) electrons. The fraction of sp³-hybridized carbons (Fsp3) is 0. The SMILES string of the molecule is Nc1cccc2[nH]nc(N)c12. The van der Waals surface area contributed by atoms with Crippen LogP contribution >= 0.6 is 0 Å². The van der Waals surface area contributed by atoms with Crippen molar-refractivity contribution in [2.24, 2.45) is 0 Å². The van der Waals surface area contributed by atoms with Crippen LogP contribution in [0.15, 0.2) is 18.2 Å². The third kappa shape index (κ3) is 0.724. The number of H-pyrrole nitrogens is 1. The lowest BCUT2D eigenvalue weighted by Crippen LogP contribution is -1.89. The fourth-order valence-electron chi connectivity index (χ4n) is 1.13. The van der Waals surface area contributed by atoms with Crippen LogP contribution in [0.3, 0.4) is 0 Å². The van der Waals surface area contributed by atoms with Gasteiger partial charge in [0.15, 0.2) is 5.82 Å². The number of nitrogens with two attached hydrogens (primary N) is 2. The maximum Gasteiger partial charge on any atom is 0.155 e. The number of fused-ring (bicyclic) bond motifs is 1. The molecule has 11 heavy (non-hydrogen) atoms. The molecule has 0 aliphatic rings. The van der Waals surface area contributed by atoms with Gasteiger partial charge in [0.05, 0.1) is 10.9 Å². The molecule has 1 aromatic heterocycles. The number of nitrogens with zero attached hydrogens (tertiary/aromatic N) is 1. The summed E-state index contributed by atoms with van der Waals surface area (Å²) in [6.45, 7) is 0. The average Bonchev–Trinajstić information content (AvgIpc) is 2.34. The van der Waals surface area contributed by atoms with Gasteiger partial charge in [0.25, 0.3) is 0 Å². The maximum absolute atomic E-state index is 5.66. The summed E-state index contributed by atoms with van der Waals surface area (Å²) in [4.78, 5) is 0. The average molecular weight is 148 g/mol. The Morgan fingerprint density at radius 1 is 1.27 bits per heavy atom. The highest BCUT2D eigenvalue weighted by Crippen LogP contribution is 2.23. The van der Waals surface area contributed by atoms with Crippen molar-refractivity contribution in [3.8, 4) is 0 Å². The van der Waals surface area contributed by atoms with Crippen LogP contribution in [0.4, 0.5) is 11.5 Å². The second kappa shape index (κ2) is 1.88. The van der Waals surface area contributed by atoms with E-state index in [-0.39, 0.29) is 0 Å². The second-order valence-electron chi connectivity index (χ2n) is 2.38. The molecule has 4 heteroatoms. The molecule has 5 N–H and O–H groups in total. The molecule has 0 spiro atoms. The van der Waals surface area contributed by atoms with E-state index in [1.807, 2.05) is 12.1 Å². The number of nitrogens with one attached hydrogen (secondary N) is 1. The predicted molar refractivity (Wildman–Crippen MR) is 44.9 cm³/mol. The van der Waals surface area contributed by atoms with Crippen molar-refractivity contribution in [1.82, 2.24) is 10.2 Å². The molecule has 2 rings (SSSR count). The molecule has 1 heterocycles. The first kappa shape index (κ1) is 6.03. The minimum absolute atomic E-state index is 0.457. The van der Waals surface area contributed by atoms with E-state index in [1.165, 1.54) is 0 Å². The third-order valence-electron chi connectivity index (χ3n) is 1.65. The highest BCUT2D eigenvalue weighted by molar-refractivity contribution is 5.98. The number of hydrogen-bond acceptors (Lipinski definition) is 3. The molecule has 0 fully saturated rings. The molecule has 0 saturated heterocycles. The number of hydrogen-bond donors (Lipinski definition) is 3. The molecule has 0 aliphatic carbocycles. The highest BCUT2D eigenvalue weighted by atomic mass is 15.2. The Morgan fingerprint density at radius 2 is 2.09 bits per heavy atom. The first-order chi connectivity index (χ1) is 5.29. The molecular weight excluding hydrogens is 140 g/mol. The maximum atomic E-state index is 5.66. The van der Waals surface area contributed by atoms with Crippen LogP contribution in [0.5, 0.6) is 0 Å². The Balaban J connectivity index is 2.96. The number of aromatic nitrogens is 2. The highest BCUT2D eigenvalue weighted by Gasteiger charge is 2.03. The molecule has 56 valence electrons. The van der Waals surface area contributed by atoms with Crippen LogP contribution in [-0.4, -0.2) is 10.2 Å². The number of benzene rings is 1. The Labute approximate surface area is 63.2 Å². The van der Waals surface area contributed by atoms with Crippen molar-refractivity contribution in [1.29, 1.82) is 0 Å². The van der Waals surface area contributed by atoms with Gasteiger partial charge in [-0.2, -0.15) is 5.10 Å². The largest absolute Gasteiger partial charge is 0.398 e. The quantitative estimate of drug-likeness (QED) is 0.482.